The van der Waals surface area contributed by atoms with E-state index < -0.39 is 0 Å². The van der Waals surface area contributed by atoms with Gasteiger partial charge in [0, 0.05) is 31.0 Å². The summed E-state index contributed by atoms with van der Waals surface area (Å²) in [4.78, 5) is 0. The molecule has 2 aromatic rings. The topological polar surface area (TPSA) is 53.6 Å². The van der Waals surface area contributed by atoms with Crippen molar-refractivity contribution >= 4 is 5.69 Å². The van der Waals surface area contributed by atoms with Gasteiger partial charge >= 0.3 is 0 Å². The van der Waals surface area contributed by atoms with E-state index in [4.69, 9.17) is 5.26 Å². The highest BCUT2D eigenvalue weighted by Crippen LogP contribution is 2.13. The van der Waals surface area contributed by atoms with Gasteiger partial charge in [-0.3, -0.25) is 4.68 Å². The average molecular weight is 240 g/mol. The predicted octanol–water partition coefficient (Wildman–Crippen LogP) is 2.47. The minimum atomic E-state index is 0.668. The van der Waals surface area contributed by atoms with E-state index in [1.165, 1.54) is 5.56 Å². The lowest BCUT2D eigenvalue weighted by atomic mass is 10.2. The fourth-order valence-corrected chi connectivity index (χ4v) is 1.92. The molecule has 0 aliphatic heterocycles. The highest BCUT2D eigenvalue weighted by Gasteiger charge is 2.05. The van der Waals surface area contributed by atoms with Crippen molar-refractivity contribution in [2.24, 2.45) is 7.05 Å². The lowest BCUT2D eigenvalue weighted by Crippen LogP contribution is -2.01. The summed E-state index contributed by atoms with van der Waals surface area (Å²) in [5.41, 5.74) is 3.94. The first-order valence-corrected chi connectivity index (χ1v) is 5.98. The van der Waals surface area contributed by atoms with Crippen molar-refractivity contribution in [1.82, 2.24) is 9.78 Å². The van der Waals surface area contributed by atoms with E-state index in [-0.39, 0.29) is 0 Å². The Bertz CT molecular complexity index is 578. The monoisotopic (exact) mass is 240 g/mol. The number of aryl methyl sites for hydroxylation is 2. The molecular weight excluding hydrogens is 224 g/mol. The molecule has 0 atom stereocenters. The molecule has 0 saturated carbocycles. The molecular formula is C14H16N4. The summed E-state index contributed by atoms with van der Waals surface area (Å²) in [6.45, 7) is 2.83. The summed E-state index contributed by atoms with van der Waals surface area (Å²) in [6.07, 6.45) is 2.95. The van der Waals surface area contributed by atoms with Gasteiger partial charge in [-0.2, -0.15) is 10.4 Å². The van der Waals surface area contributed by atoms with Crippen LogP contribution in [0.25, 0.3) is 0 Å². The number of nitrogens with one attached hydrogen (secondary N) is 1. The largest absolute Gasteiger partial charge is 0.381 e. The van der Waals surface area contributed by atoms with Gasteiger partial charge < -0.3 is 5.32 Å². The summed E-state index contributed by atoms with van der Waals surface area (Å²) < 4.78 is 1.83. The number of nitriles is 1. The molecule has 0 spiro atoms. The second-order valence-corrected chi connectivity index (χ2v) is 4.17. The first-order valence-electron chi connectivity index (χ1n) is 5.98. The van der Waals surface area contributed by atoms with E-state index in [1.54, 1.807) is 6.07 Å². The number of nitrogens with zero attached hydrogens (tertiary/aromatic N) is 3. The SMILES string of the molecule is CCc1nn(C)cc1CNc1cccc(C#N)c1. The zero-order chi connectivity index (χ0) is 13.0. The molecule has 0 bridgehead atoms. The number of anilines is 1. The average Bonchev–Trinajstić information content (AvgIpc) is 2.77. The Morgan fingerprint density at radius 2 is 2.28 bits per heavy atom. The standard InChI is InChI=1S/C14H16N4/c1-3-14-12(10-18(2)17-14)9-16-13-6-4-5-11(7-13)8-15/h4-7,10,16H,3,9H2,1-2H3. The highest BCUT2D eigenvalue weighted by atomic mass is 15.3. The van der Waals surface area contributed by atoms with Gasteiger partial charge in [-0.1, -0.05) is 13.0 Å². The molecule has 1 aromatic heterocycles. The predicted molar refractivity (Wildman–Crippen MR) is 71.1 cm³/mol. The number of hydrogen-bond acceptors (Lipinski definition) is 3. The van der Waals surface area contributed by atoms with Crippen molar-refractivity contribution in [3.8, 4) is 6.07 Å². The molecule has 0 radical (unpaired) electrons. The van der Waals surface area contributed by atoms with Crippen LogP contribution in [0.2, 0.25) is 0 Å². The van der Waals surface area contributed by atoms with Crippen molar-refractivity contribution in [3.05, 3.63) is 47.3 Å². The smallest absolute Gasteiger partial charge is 0.0992 e. The van der Waals surface area contributed by atoms with Crippen molar-refractivity contribution in [2.75, 3.05) is 5.32 Å². The van der Waals surface area contributed by atoms with E-state index in [0.29, 0.717) is 5.56 Å². The molecule has 0 unspecified atom stereocenters. The fourth-order valence-electron chi connectivity index (χ4n) is 1.92. The second-order valence-electron chi connectivity index (χ2n) is 4.17. The van der Waals surface area contributed by atoms with E-state index >= 15 is 0 Å². The number of aromatic nitrogens is 2. The molecule has 0 saturated heterocycles. The van der Waals surface area contributed by atoms with Crippen LogP contribution in [0.4, 0.5) is 5.69 Å². The summed E-state index contributed by atoms with van der Waals surface area (Å²) in [6, 6.07) is 9.62. The van der Waals surface area contributed by atoms with Crippen molar-refractivity contribution < 1.29 is 0 Å². The third-order valence-corrected chi connectivity index (χ3v) is 2.80. The molecule has 1 heterocycles. The molecule has 2 rings (SSSR count). The minimum absolute atomic E-state index is 0.668. The third-order valence-electron chi connectivity index (χ3n) is 2.80. The maximum Gasteiger partial charge on any atom is 0.0992 e. The van der Waals surface area contributed by atoms with Crippen molar-refractivity contribution in [1.29, 1.82) is 5.26 Å². The van der Waals surface area contributed by atoms with Crippen molar-refractivity contribution in [3.63, 3.8) is 0 Å². The fraction of sp³-hybridized carbons (Fsp3) is 0.286. The van der Waals surface area contributed by atoms with Crippen molar-refractivity contribution in [2.45, 2.75) is 19.9 Å². The third kappa shape index (κ3) is 2.69. The van der Waals surface area contributed by atoms with Crippen LogP contribution in [0, 0.1) is 11.3 Å². The first kappa shape index (κ1) is 12.2. The van der Waals surface area contributed by atoms with Crippen LogP contribution in [0.5, 0.6) is 0 Å². The molecule has 0 aliphatic carbocycles. The van der Waals surface area contributed by atoms with Crippen LogP contribution in [0.3, 0.4) is 0 Å². The van der Waals surface area contributed by atoms with E-state index in [2.05, 4.69) is 23.4 Å². The Kier molecular flexibility index (Phi) is 3.63. The van der Waals surface area contributed by atoms with Crippen LogP contribution in [0.15, 0.2) is 30.5 Å². The Morgan fingerprint density at radius 1 is 1.44 bits per heavy atom. The van der Waals surface area contributed by atoms with Gasteiger partial charge in [-0.05, 0) is 24.6 Å². The number of benzene rings is 1. The molecule has 0 aliphatic rings. The number of hydrogen-bond donors (Lipinski definition) is 1. The highest BCUT2D eigenvalue weighted by molar-refractivity contribution is 5.49. The summed E-state index contributed by atoms with van der Waals surface area (Å²) in [7, 11) is 1.93. The Morgan fingerprint density at radius 3 is 3.00 bits per heavy atom. The molecule has 4 heteroatoms. The lowest BCUT2D eigenvalue weighted by Gasteiger charge is -2.06. The molecule has 92 valence electrons. The van der Waals surface area contributed by atoms with E-state index in [0.717, 1.165) is 24.3 Å². The van der Waals surface area contributed by atoms with Crippen LogP contribution in [-0.4, -0.2) is 9.78 Å². The van der Waals surface area contributed by atoms with E-state index in [9.17, 15) is 0 Å². The van der Waals surface area contributed by atoms with Gasteiger partial charge in [0.25, 0.3) is 0 Å². The lowest BCUT2D eigenvalue weighted by molar-refractivity contribution is 0.746. The first-order chi connectivity index (χ1) is 8.72. The van der Waals surface area contributed by atoms with Gasteiger partial charge in [0.15, 0.2) is 0 Å². The van der Waals surface area contributed by atoms with Crippen LogP contribution >= 0.6 is 0 Å². The summed E-state index contributed by atoms with van der Waals surface area (Å²) in [5, 5.41) is 16.6. The summed E-state index contributed by atoms with van der Waals surface area (Å²) in [5.74, 6) is 0. The molecule has 18 heavy (non-hydrogen) atoms. The Balaban J connectivity index is 2.09. The quantitative estimate of drug-likeness (QED) is 0.893. The Labute approximate surface area is 107 Å². The van der Waals surface area contributed by atoms with Crippen LogP contribution < -0.4 is 5.32 Å². The normalized spacial score (nSPS) is 10.1. The van der Waals surface area contributed by atoms with Crippen LogP contribution in [0.1, 0.15) is 23.7 Å². The van der Waals surface area contributed by atoms with Gasteiger partial charge in [-0.25, -0.2) is 0 Å². The molecule has 1 N–H and O–H groups in total. The molecule has 1 aromatic carbocycles. The van der Waals surface area contributed by atoms with E-state index in [1.807, 2.05) is 36.1 Å². The molecule has 0 amide bonds. The van der Waals surface area contributed by atoms with Gasteiger partial charge in [0.1, 0.15) is 0 Å². The zero-order valence-corrected chi connectivity index (χ0v) is 10.6. The summed E-state index contributed by atoms with van der Waals surface area (Å²) >= 11 is 0. The Hall–Kier alpha value is -2.28. The maximum absolute atomic E-state index is 8.84. The molecule has 4 nitrogen and oxygen atoms in total. The molecule has 0 fully saturated rings. The zero-order valence-electron chi connectivity index (χ0n) is 10.6. The second kappa shape index (κ2) is 5.37. The maximum atomic E-state index is 8.84. The van der Waals surface area contributed by atoms with Gasteiger partial charge in [0.05, 0.1) is 17.3 Å². The van der Waals surface area contributed by atoms with Gasteiger partial charge in [-0.15, -0.1) is 0 Å². The number of rotatable bonds is 4. The van der Waals surface area contributed by atoms with Gasteiger partial charge in [0.2, 0.25) is 0 Å². The minimum Gasteiger partial charge on any atom is -0.381 e. The van der Waals surface area contributed by atoms with Crippen LogP contribution in [-0.2, 0) is 20.0 Å².